The largest absolute Gasteiger partial charge is 0.508 e. The van der Waals surface area contributed by atoms with Gasteiger partial charge in [0.2, 0.25) is 0 Å². The van der Waals surface area contributed by atoms with Crippen LogP contribution in [-0.4, -0.2) is 15.3 Å². The second-order valence-corrected chi connectivity index (χ2v) is 4.37. The molecule has 1 saturated heterocycles. The van der Waals surface area contributed by atoms with Crippen molar-refractivity contribution in [1.82, 2.24) is 5.32 Å². The highest BCUT2D eigenvalue weighted by molar-refractivity contribution is 8.19. The molecular weight excluding hydrogens is 230 g/mol. The molecule has 0 saturated carbocycles. The maximum absolute atomic E-state index is 11.0. The number of amides is 1. The van der Waals surface area contributed by atoms with Crippen LogP contribution in [0.4, 0.5) is 4.79 Å². The second-order valence-electron chi connectivity index (χ2n) is 2.95. The molecule has 76 valence electrons. The van der Waals surface area contributed by atoms with E-state index in [0.29, 0.717) is 9.89 Å². The van der Waals surface area contributed by atoms with Gasteiger partial charge in [-0.25, -0.2) is 0 Å². The summed E-state index contributed by atoms with van der Waals surface area (Å²) in [6.07, 6.45) is 1.77. The van der Waals surface area contributed by atoms with E-state index < -0.39 is 0 Å². The van der Waals surface area contributed by atoms with Crippen molar-refractivity contribution in [2.75, 3.05) is 0 Å². The molecule has 0 spiro atoms. The van der Waals surface area contributed by atoms with Crippen LogP contribution < -0.4 is 5.32 Å². The van der Waals surface area contributed by atoms with E-state index in [-0.39, 0.29) is 11.0 Å². The van der Waals surface area contributed by atoms with Crippen molar-refractivity contribution in [2.24, 2.45) is 0 Å². The zero-order valence-corrected chi connectivity index (χ0v) is 9.19. The van der Waals surface area contributed by atoms with Gasteiger partial charge in [0.1, 0.15) is 10.7 Å². The molecule has 5 heteroatoms. The Kier molecular flexibility index (Phi) is 2.75. The number of thioether (sulfide) groups is 1. The minimum atomic E-state index is -0.161. The summed E-state index contributed by atoms with van der Waals surface area (Å²) in [6.45, 7) is 0. The molecule has 1 fully saturated rings. The van der Waals surface area contributed by atoms with Crippen molar-refractivity contribution in [3.63, 3.8) is 0 Å². The van der Waals surface area contributed by atoms with Crippen molar-refractivity contribution in [2.45, 2.75) is 0 Å². The molecule has 1 heterocycles. The lowest BCUT2D eigenvalue weighted by atomic mass is 10.2. The monoisotopic (exact) mass is 237 g/mol. The molecule has 0 bridgehead atoms. The van der Waals surface area contributed by atoms with Gasteiger partial charge in [-0.1, -0.05) is 24.4 Å². The molecule has 0 aromatic heterocycles. The minimum Gasteiger partial charge on any atom is -0.508 e. The number of phenolic OH excluding ortho intramolecular Hbond substituents is 1. The number of nitrogens with one attached hydrogen (secondary N) is 1. The van der Waals surface area contributed by atoms with E-state index in [0.717, 1.165) is 17.3 Å². The molecule has 2 N–H and O–H groups in total. The van der Waals surface area contributed by atoms with E-state index >= 15 is 0 Å². The van der Waals surface area contributed by atoms with Gasteiger partial charge in [0, 0.05) is 0 Å². The Labute approximate surface area is 96.2 Å². The quantitative estimate of drug-likeness (QED) is 0.582. The maximum Gasteiger partial charge on any atom is 0.289 e. The molecule has 2 rings (SSSR count). The lowest BCUT2D eigenvalue weighted by Gasteiger charge is -1.96. The first kappa shape index (κ1) is 10.2. The van der Waals surface area contributed by atoms with Gasteiger partial charge in [-0.15, -0.1) is 0 Å². The van der Waals surface area contributed by atoms with Gasteiger partial charge in [0.25, 0.3) is 5.24 Å². The Morgan fingerprint density at radius 3 is 2.87 bits per heavy atom. The van der Waals surface area contributed by atoms with Crippen molar-refractivity contribution in [3.8, 4) is 5.75 Å². The normalized spacial score (nSPS) is 18.3. The fourth-order valence-electron chi connectivity index (χ4n) is 1.19. The fraction of sp³-hybridized carbons (Fsp3) is 0. The smallest absolute Gasteiger partial charge is 0.289 e. The Morgan fingerprint density at radius 2 is 2.27 bits per heavy atom. The Balaban J connectivity index is 2.31. The molecule has 15 heavy (non-hydrogen) atoms. The first-order valence-electron chi connectivity index (χ1n) is 4.19. The average molecular weight is 237 g/mol. The summed E-state index contributed by atoms with van der Waals surface area (Å²) in [7, 11) is 0. The zero-order valence-electron chi connectivity index (χ0n) is 7.56. The third kappa shape index (κ3) is 2.37. The first-order chi connectivity index (χ1) is 7.15. The summed E-state index contributed by atoms with van der Waals surface area (Å²) in [5.74, 6) is 0.192. The molecule has 1 aromatic rings. The third-order valence-corrected chi connectivity index (χ3v) is 3.09. The van der Waals surface area contributed by atoms with E-state index in [1.165, 1.54) is 0 Å². The molecule has 1 amide bonds. The Bertz CT molecular complexity index is 468. The van der Waals surface area contributed by atoms with Crippen molar-refractivity contribution in [3.05, 3.63) is 34.7 Å². The lowest BCUT2D eigenvalue weighted by Crippen LogP contribution is -2.15. The van der Waals surface area contributed by atoms with Gasteiger partial charge >= 0.3 is 0 Å². The molecule has 0 unspecified atom stereocenters. The van der Waals surface area contributed by atoms with Crippen LogP contribution in [0.2, 0.25) is 0 Å². The predicted octanol–water partition coefficient (Wildman–Crippen LogP) is 2.52. The van der Waals surface area contributed by atoms with Gasteiger partial charge in [0.05, 0.1) is 4.91 Å². The van der Waals surface area contributed by atoms with E-state index in [1.54, 1.807) is 24.3 Å². The molecule has 0 radical (unpaired) electrons. The van der Waals surface area contributed by atoms with Crippen LogP contribution in [0, 0.1) is 0 Å². The number of carbonyl (C=O) groups is 1. The van der Waals surface area contributed by atoms with Gasteiger partial charge < -0.3 is 10.4 Å². The topological polar surface area (TPSA) is 49.3 Å². The zero-order chi connectivity index (χ0) is 10.8. The number of thiocarbonyl (C=S) groups is 1. The van der Waals surface area contributed by atoms with Gasteiger partial charge in [-0.2, -0.15) is 0 Å². The molecule has 0 aliphatic carbocycles. The van der Waals surface area contributed by atoms with Crippen LogP contribution in [0.25, 0.3) is 6.08 Å². The predicted molar refractivity (Wildman–Crippen MR) is 64.8 cm³/mol. The summed E-state index contributed by atoms with van der Waals surface area (Å²) in [5.41, 5.74) is 0.816. The summed E-state index contributed by atoms with van der Waals surface area (Å²) < 4.78 is 0. The Hall–Kier alpha value is -1.33. The average Bonchev–Trinajstić information content (AvgIpc) is 2.45. The molecule has 1 aliphatic heterocycles. The van der Waals surface area contributed by atoms with Crippen molar-refractivity contribution >= 4 is 40.3 Å². The first-order valence-corrected chi connectivity index (χ1v) is 5.41. The number of hydrogen-bond donors (Lipinski definition) is 2. The standard InChI is InChI=1S/C10H7NO2S2/c12-7-3-1-2-6(4-7)5-8-9(14)11-10(13)15-8/h1-5,12H,(H,11,13,14)/b8-5+. The maximum atomic E-state index is 11.0. The van der Waals surface area contributed by atoms with Crippen molar-refractivity contribution < 1.29 is 9.90 Å². The summed E-state index contributed by atoms with van der Waals surface area (Å²) in [5, 5.41) is 11.6. The number of benzene rings is 1. The highest BCUT2D eigenvalue weighted by Crippen LogP contribution is 2.27. The van der Waals surface area contributed by atoms with Crippen LogP contribution in [0.3, 0.4) is 0 Å². The highest BCUT2D eigenvalue weighted by Gasteiger charge is 2.21. The van der Waals surface area contributed by atoms with Crippen molar-refractivity contribution in [1.29, 1.82) is 0 Å². The SMILES string of the molecule is O=C1NC(=S)/C(=C\c2cccc(O)c2)S1. The van der Waals surface area contributed by atoms with Gasteiger partial charge in [0.15, 0.2) is 0 Å². The van der Waals surface area contributed by atoms with Crippen LogP contribution in [0.5, 0.6) is 5.75 Å². The highest BCUT2D eigenvalue weighted by atomic mass is 32.2. The minimum absolute atomic E-state index is 0.161. The second kappa shape index (κ2) is 4.04. The number of hydrogen-bond acceptors (Lipinski definition) is 4. The van der Waals surface area contributed by atoms with E-state index in [1.807, 2.05) is 6.07 Å². The van der Waals surface area contributed by atoms with Crippen LogP contribution in [0.15, 0.2) is 29.2 Å². The van der Waals surface area contributed by atoms with Crippen LogP contribution >= 0.6 is 24.0 Å². The summed E-state index contributed by atoms with van der Waals surface area (Å²) >= 11 is 6.03. The van der Waals surface area contributed by atoms with E-state index in [4.69, 9.17) is 12.2 Å². The molecular formula is C10H7NO2S2. The molecule has 3 nitrogen and oxygen atoms in total. The number of rotatable bonds is 1. The lowest BCUT2D eigenvalue weighted by molar-refractivity contribution is 0.265. The fourth-order valence-corrected chi connectivity index (χ4v) is 2.22. The summed E-state index contributed by atoms with van der Waals surface area (Å²) in [6, 6.07) is 6.77. The van der Waals surface area contributed by atoms with Crippen LogP contribution in [0.1, 0.15) is 5.56 Å². The molecule has 1 aromatic carbocycles. The molecule has 1 aliphatic rings. The number of phenols is 1. The summed E-state index contributed by atoms with van der Waals surface area (Å²) in [4.78, 5) is 12.1. The van der Waals surface area contributed by atoms with E-state index in [2.05, 4.69) is 5.32 Å². The van der Waals surface area contributed by atoms with Crippen LogP contribution in [-0.2, 0) is 0 Å². The Morgan fingerprint density at radius 1 is 1.47 bits per heavy atom. The van der Waals surface area contributed by atoms with E-state index in [9.17, 15) is 9.90 Å². The van der Waals surface area contributed by atoms with Gasteiger partial charge in [-0.3, -0.25) is 4.79 Å². The number of carbonyl (C=O) groups excluding carboxylic acids is 1. The number of aromatic hydroxyl groups is 1. The third-order valence-electron chi connectivity index (χ3n) is 1.81. The molecule has 0 atom stereocenters. The van der Waals surface area contributed by atoms with Gasteiger partial charge in [-0.05, 0) is 35.5 Å².